The summed E-state index contributed by atoms with van der Waals surface area (Å²) in [7, 11) is 0. The first kappa shape index (κ1) is 21.8. The molecule has 162 valence electrons. The fourth-order valence-corrected chi connectivity index (χ4v) is 4.69. The Balaban J connectivity index is 1.33. The standard InChI is InChI=1S/C24H25ClN2O3S/c1-16-23(31-24(27-16)19-2-6-20(25)7-3-19)18-4-8-21(9-5-18)30-15-22(28)26-14-17-10-12-29-13-11-17/h2-9,17H,10-15H2,1H3,(H,26,28). The number of thiazole rings is 1. The number of hydrogen-bond acceptors (Lipinski definition) is 5. The number of halogens is 1. The molecule has 1 saturated heterocycles. The summed E-state index contributed by atoms with van der Waals surface area (Å²) in [5, 5.41) is 4.63. The first-order valence-electron chi connectivity index (χ1n) is 10.4. The maximum Gasteiger partial charge on any atom is 0.257 e. The summed E-state index contributed by atoms with van der Waals surface area (Å²) in [6, 6.07) is 15.5. The Hall–Kier alpha value is -2.41. The zero-order valence-corrected chi connectivity index (χ0v) is 19.0. The van der Waals surface area contributed by atoms with E-state index >= 15 is 0 Å². The number of hydrogen-bond donors (Lipinski definition) is 1. The summed E-state index contributed by atoms with van der Waals surface area (Å²) in [6.07, 6.45) is 2.00. The predicted octanol–water partition coefficient (Wildman–Crippen LogP) is 5.36. The number of ether oxygens (including phenoxy) is 2. The highest BCUT2D eigenvalue weighted by atomic mass is 35.5. The zero-order chi connectivity index (χ0) is 21.6. The van der Waals surface area contributed by atoms with Gasteiger partial charge in [-0.05, 0) is 67.6 Å². The van der Waals surface area contributed by atoms with Crippen molar-refractivity contribution in [1.82, 2.24) is 10.3 Å². The second-order valence-corrected chi connectivity index (χ2v) is 9.05. The summed E-state index contributed by atoms with van der Waals surface area (Å²) >= 11 is 7.63. The van der Waals surface area contributed by atoms with E-state index in [2.05, 4.69) is 5.32 Å². The molecule has 2 aromatic carbocycles. The SMILES string of the molecule is Cc1nc(-c2ccc(Cl)cc2)sc1-c1ccc(OCC(=O)NCC2CCOCC2)cc1. The van der Waals surface area contributed by atoms with Gasteiger partial charge in [-0.15, -0.1) is 11.3 Å². The maximum atomic E-state index is 12.1. The second kappa shape index (κ2) is 10.3. The second-order valence-electron chi connectivity index (χ2n) is 7.61. The predicted molar refractivity (Wildman–Crippen MR) is 125 cm³/mol. The van der Waals surface area contributed by atoms with Crippen molar-refractivity contribution in [2.45, 2.75) is 19.8 Å². The fraction of sp³-hybridized carbons (Fsp3) is 0.333. The Morgan fingerprint density at radius 2 is 1.81 bits per heavy atom. The molecule has 7 heteroatoms. The lowest BCUT2D eigenvalue weighted by Gasteiger charge is -2.22. The molecule has 5 nitrogen and oxygen atoms in total. The molecule has 0 spiro atoms. The van der Waals surface area contributed by atoms with E-state index in [0.717, 1.165) is 52.8 Å². The number of nitrogens with zero attached hydrogens (tertiary/aromatic N) is 1. The van der Waals surface area contributed by atoms with Gasteiger partial charge in [-0.3, -0.25) is 4.79 Å². The molecule has 2 heterocycles. The molecule has 0 saturated carbocycles. The number of aromatic nitrogens is 1. The topological polar surface area (TPSA) is 60.5 Å². The van der Waals surface area contributed by atoms with Crippen LogP contribution in [0.1, 0.15) is 18.5 Å². The lowest BCUT2D eigenvalue weighted by atomic mass is 10.0. The van der Waals surface area contributed by atoms with Crippen molar-refractivity contribution in [3.63, 3.8) is 0 Å². The van der Waals surface area contributed by atoms with Crippen LogP contribution < -0.4 is 10.1 Å². The Morgan fingerprint density at radius 3 is 2.52 bits per heavy atom. The van der Waals surface area contributed by atoms with Gasteiger partial charge in [-0.25, -0.2) is 4.98 Å². The van der Waals surface area contributed by atoms with Crippen molar-refractivity contribution in [1.29, 1.82) is 0 Å². The van der Waals surface area contributed by atoms with Crippen LogP contribution in [-0.2, 0) is 9.53 Å². The molecule has 4 rings (SSSR count). The number of rotatable bonds is 7. The molecule has 0 aliphatic carbocycles. The van der Waals surface area contributed by atoms with E-state index < -0.39 is 0 Å². The summed E-state index contributed by atoms with van der Waals surface area (Å²) in [4.78, 5) is 17.9. The van der Waals surface area contributed by atoms with Crippen molar-refractivity contribution in [3.8, 4) is 26.8 Å². The highest BCUT2D eigenvalue weighted by molar-refractivity contribution is 7.18. The molecule has 0 unspecified atom stereocenters. The minimum absolute atomic E-state index is 0.0167. The fourth-order valence-electron chi connectivity index (χ4n) is 3.49. The Bertz CT molecular complexity index is 1010. The summed E-state index contributed by atoms with van der Waals surface area (Å²) in [5.41, 5.74) is 3.11. The average molecular weight is 457 g/mol. The van der Waals surface area contributed by atoms with E-state index in [0.29, 0.717) is 23.2 Å². The lowest BCUT2D eigenvalue weighted by Crippen LogP contribution is -2.35. The van der Waals surface area contributed by atoms with Crippen LogP contribution in [0.5, 0.6) is 5.75 Å². The third-order valence-corrected chi connectivity index (χ3v) is 6.81. The maximum absolute atomic E-state index is 12.1. The van der Waals surface area contributed by atoms with Gasteiger partial charge in [0.25, 0.3) is 5.91 Å². The van der Waals surface area contributed by atoms with Gasteiger partial charge < -0.3 is 14.8 Å². The quantitative estimate of drug-likeness (QED) is 0.519. The smallest absolute Gasteiger partial charge is 0.257 e. The van der Waals surface area contributed by atoms with E-state index in [1.807, 2.05) is 55.5 Å². The number of carbonyl (C=O) groups excluding carboxylic acids is 1. The van der Waals surface area contributed by atoms with E-state index in [4.69, 9.17) is 26.1 Å². The van der Waals surface area contributed by atoms with Crippen LogP contribution in [0.25, 0.3) is 21.0 Å². The van der Waals surface area contributed by atoms with E-state index in [1.165, 1.54) is 0 Å². The van der Waals surface area contributed by atoms with E-state index in [9.17, 15) is 4.79 Å². The van der Waals surface area contributed by atoms with Crippen LogP contribution in [0.2, 0.25) is 5.02 Å². The first-order chi connectivity index (χ1) is 15.1. The molecule has 31 heavy (non-hydrogen) atoms. The van der Waals surface area contributed by atoms with Gasteiger partial charge in [-0.1, -0.05) is 23.7 Å². The lowest BCUT2D eigenvalue weighted by molar-refractivity contribution is -0.123. The number of aryl methyl sites for hydroxylation is 1. The zero-order valence-electron chi connectivity index (χ0n) is 17.4. The molecular formula is C24H25ClN2O3S. The molecule has 1 fully saturated rings. The summed E-state index contributed by atoms with van der Waals surface area (Å²) in [5.74, 6) is 1.07. The largest absolute Gasteiger partial charge is 0.484 e. The third-order valence-electron chi connectivity index (χ3n) is 5.30. The summed E-state index contributed by atoms with van der Waals surface area (Å²) in [6.45, 7) is 4.28. The molecule has 0 atom stereocenters. The molecular weight excluding hydrogens is 432 g/mol. The molecule has 1 N–H and O–H groups in total. The molecule has 1 amide bonds. The average Bonchev–Trinajstić information content (AvgIpc) is 3.19. The Kier molecular flexibility index (Phi) is 7.22. The van der Waals surface area contributed by atoms with Crippen LogP contribution in [0, 0.1) is 12.8 Å². The molecule has 0 radical (unpaired) electrons. The molecule has 1 aromatic heterocycles. The molecule has 3 aromatic rings. The van der Waals surface area contributed by atoms with Crippen molar-refractivity contribution in [3.05, 3.63) is 59.2 Å². The van der Waals surface area contributed by atoms with Crippen molar-refractivity contribution < 1.29 is 14.3 Å². The highest BCUT2D eigenvalue weighted by Gasteiger charge is 2.15. The van der Waals surface area contributed by atoms with Gasteiger partial charge in [0.15, 0.2) is 6.61 Å². The van der Waals surface area contributed by atoms with E-state index in [-0.39, 0.29) is 12.5 Å². The van der Waals surface area contributed by atoms with Gasteiger partial charge in [0.1, 0.15) is 10.8 Å². The van der Waals surface area contributed by atoms with Gasteiger partial charge in [-0.2, -0.15) is 0 Å². The Morgan fingerprint density at radius 1 is 1.13 bits per heavy atom. The summed E-state index contributed by atoms with van der Waals surface area (Å²) < 4.78 is 11.0. The molecule has 1 aliphatic heterocycles. The number of benzene rings is 2. The van der Waals surface area contributed by atoms with Gasteiger partial charge in [0.2, 0.25) is 0 Å². The van der Waals surface area contributed by atoms with Crippen LogP contribution in [0.3, 0.4) is 0 Å². The third kappa shape index (κ3) is 5.85. The molecule has 1 aliphatic rings. The van der Waals surface area contributed by atoms with E-state index in [1.54, 1.807) is 11.3 Å². The van der Waals surface area contributed by atoms with Crippen molar-refractivity contribution >= 4 is 28.8 Å². The number of nitrogens with one attached hydrogen (secondary N) is 1. The van der Waals surface area contributed by atoms with Gasteiger partial charge in [0.05, 0.1) is 10.6 Å². The number of carbonyl (C=O) groups is 1. The first-order valence-corrected chi connectivity index (χ1v) is 11.6. The highest BCUT2D eigenvalue weighted by Crippen LogP contribution is 2.36. The monoisotopic (exact) mass is 456 g/mol. The van der Waals surface area contributed by atoms with Crippen molar-refractivity contribution in [2.75, 3.05) is 26.4 Å². The van der Waals surface area contributed by atoms with Crippen molar-refractivity contribution in [2.24, 2.45) is 5.92 Å². The Labute approximate surface area is 191 Å². The minimum Gasteiger partial charge on any atom is -0.484 e. The van der Waals surface area contributed by atoms with Gasteiger partial charge >= 0.3 is 0 Å². The minimum atomic E-state index is -0.0959. The van der Waals surface area contributed by atoms with Crippen LogP contribution in [0.15, 0.2) is 48.5 Å². The molecule has 0 bridgehead atoms. The van der Waals surface area contributed by atoms with Crippen LogP contribution >= 0.6 is 22.9 Å². The van der Waals surface area contributed by atoms with Crippen LogP contribution in [-0.4, -0.2) is 37.3 Å². The van der Waals surface area contributed by atoms with Gasteiger partial charge in [0, 0.05) is 30.3 Å². The van der Waals surface area contributed by atoms with Crippen LogP contribution in [0.4, 0.5) is 0 Å². The normalized spacial score (nSPS) is 14.4. The number of amides is 1.